The zero-order chi connectivity index (χ0) is 11.9. The first-order valence-electron chi connectivity index (χ1n) is 4.57. The Bertz CT molecular complexity index is 477. The van der Waals surface area contributed by atoms with Crippen LogP contribution in [0, 0.1) is 20.2 Å². The van der Waals surface area contributed by atoms with E-state index in [4.69, 9.17) is 11.6 Å². The topological polar surface area (TPSA) is 86.3 Å². The molecule has 0 bridgehead atoms. The average Bonchev–Trinajstić information content (AvgIpc) is 2.94. The second-order valence-electron chi connectivity index (χ2n) is 3.62. The highest BCUT2D eigenvalue weighted by molar-refractivity contribution is 6.23. The van der Waals surface area contributed by atoms with E-state index in [1.807, 2.05) is 0 Å². The van der Waals surface area contributed by atoms with E-state index >= 15 is 0 Å². The van der Waals surface area contributed by atoms with Gasteiger partial charge in [0.05, 0.1) is 15.9 Å². The lowest BCUT2D eigenvalue weighted by atomic mass is 10.1. The van der Waals surface area contributed by atoms with Crippen molar-refractivity contribution >= 4 is 23.0 Å². The van der Waals surface area contributed by atoms with E-state index in [1.165, 1.54) is 12.1 Å². The predicted octanol–water partition coefficient (Wildman–Crippen LogP) is 2.60. The molecule has 0 N–H and O–H groups in total. The van der Waals surface area contributed by atoms with Crippen molar-refractivity contribution in [3.05, 3.63) is 44.0 Å². The Kier molecular flexibility index (Phi) is 2.51. The molecule has 1 aliphatic carbocycles. The molecule has 1 aromatic carbocycles. The molecule has 0 aliphatic heterocycles. The number of halogens is 1. The number of nitrogens with zero attached hydrogens (tertiary/aromatic N) is 2. The molecule has 0 radical (unpaired) electrons. The zero-order valence-corrected chi connectivity index (χ0v) is 8.76. The first kappa shape index (κ1) is 10.8. The van der Waals surface area contributed by atoms with Crippen molar-refractivity contribution < 1.29 is 9.85 Å². The van der Waals surface area contributed by atoms with Crippen molar-refractivity contribution in [2.75, 3.05) is 0 Å². The van der Waals surface area contributed by atoms with Gasteiger partial charge in [-0.05, 0) is 12.5 Å². The van der Waals surface area contributed by atoms with Crippen LogP contribution in [0.4, 0.5) is 11.4 Å². The maximum Gasteiger partial charge on any atom is 0.279 e. The molecule has 1 saturated carbocycles. The van der Waals surface area contributed by atoms with Gasteiger partial charge in [0.1, 0.15) is 0 Å². The van der Waals surface area contributed by atoms with Gasteiger partial charge in [-0.3, -0.25) is 20.2 Å². The summed E-state index contributed by atoms with van der Waals surface area (Å²) >= 11 is 5.81. The Morgan fingerprint density at radius 2 is 1.88 bits per heavy atom. The molecule has 0 unspecified atom stereocenters. The molecule has 7 heteroatoms. The molecule has 6 nitrogen and oxygen atoms in total. The number of nitro groups is 2. The molecule has 0 heterocycles. The summed E-state index contributed by atoms with van der Waals surface area (Å²) in [6.07, 6.45) is 0.681. The lowest BCUT2D eigenvalue weighted by molar-refractivity contribution is -0.394. The second-order valence-corrected chi connectivity index (χ2v) is 4.18. The normalized spacial score (nSPS) is 22.8. The maximum absolute atomic E-state index is 10.8. The van der Waals surface area contributed by atoms with Crippen LogP contribution in [0.1, 0.15) is 17.9 Å². The summed E-state index contributed by atoms with van der Waals surface area (Å²) in [5, 5.41) is 21.2. The Morgan fingerprint density at radius 3 is 2.31 bits per heavy atom. The smallest absolute Gasteiger partial charge is 0.258 e. The lowest BCUT2D eigenvalue weighted by Gasteiger charge is -2.00. The standard InChI is InChI=1S/C9H7ClN2O4/c10-8-4-7(8)6-2-1-5(11(13)14)3-9(6)12(15)16/h1-3,7-8H,4H2/t7-,8+/m0/s1. The Hall–Kier alpha value is -1.69. The van der Waals surface area contributed by atoms with Gasteiger partial charge in [0.2, 0.25) is 0 Å². The van der Waals surface area contributed by atoms with Crippen LogP contribution in [-0.2, 0) is 0 Å². The van der Waals surface area contributed by atoms with Gasteiger partial charge in [-0.15, -0.1) is 11.6 Å². The van der Waals surface area contributed by atoms with Crippen molar-refractivity contribution in [1.29, 1.82) is 0 Å². The van der Waals surface area contributed by atoms with Gasteiger partial charge in [0, 0.05) is 22.9 Å². The Morgan fingerprint density at radius 1 is 1.25 bits per heavy atom. The molecule has 2 rings (SSSR count). The Labute approximate surface area is 95.1 Å². The van der Waals surface area contributed by atoms with Crippen LogP contribution in [0.25, 0.3) is 0 Å². The highest BCUT2D eigenvalue weighted by Crippen LogP contribution is 2.48. The minimum absolute atomic E-state index is 0.0529. The minimum Gasteiger partial charge on any atom is -0.258 e. The van der Waals surface area contributed by atoms with E-state index in [2.05, 4.69) is 0 Å². The highest BCUT2D eigenvalue weighted by Gasteiger charge is 2.41. The molecule has 0 spiro atoms. The van der Waals surface area contributed by atoms with Crippen molar-refractivity contribution in [2.45, 2.75) is 17.7 Å². The van der Waals surface area contributed by atoms with Gasteiger partial charge in [0.25, 0.3) is 11.4 Å². The fourth-order valence-corrected chi connectivity index (χ4v) is 1.93. The fraction of sp³-hybridized carbons (Fsp3) is 0.333. The van der Waals surface area contributed by atoms with E-state index < -0.39 is 9.85 Å². The summed E-state index contributed by atoms with van der Waals surface area (Å²) in [6, 6.07) is 3.67. The number of hydrogen-bond acceptors (Lipinski definition) is 4. The second kappa shape index (κ2) is 3.71. The molecule has 1 fully saturated rings. The van der Waals surface area contributed by atoms with Gasteiger partial charge >= 0.3 is 0 Å². The molecule has 0 aromatic heterocycles. The summed E-state index contributed by atoms with van der Waals surface area (Å²) in [7, 11) is 0. The third-order valence-corrected chi connectivity index (χ3v) is 3.02. The summed E-state index contributed by atoms with van der Waals surface area (Å²) < 4.78 is 0. The molecule has 16 heavy (non-hydrogen) atoms. The third-order valence-electron chi connectivity index (χ3n) is 2.53. The monoisotopic (exact) mass is 242 g/mol. The third kappa shape index (κ3) is 1.83. The van der Waals surface area contributed by atoms with Crippen molar-refractivity contribution in [2.24, 2.45) is 0 Å². The summed E-state index contributed by atoms with van der Waals surface area (Å²) in [4.78, 5) is 20.0. The van der Waals surface area contributed by atoms with Crippen molar-refractivity contribution in [3.8, 4) is 0 Å². The molecular formula is C9H7ClN2O4. The molecule has 1 aliphatic rings. The van der Waals surface area contributed by atoms with Gasteiger partial charge in [-0.2, -0.15) is 0 Å². The van der Waals surface area contributed by atoms with E-state index in [-0.39, 0.29) is 22.7 Å². The fourth-order valence-electron chi connectivity index (χ4n) is 1.60. The van der Waals surface area contributed by atoms with E-state index in [9.17, 15) is 20.2 Å². The first-order chi connectivity index (χ1) is 7.50. The number of rotatable bonds is 3. The number of non-ortho nitro benzene ring substituents is 1. The summed E-state index contributed by atoms with van der Waals surface area (Å²) in [5.41, 5.74) is -0.0137. The van der Waals surface area contributed by atoms with Gasteiger partial charge in [-0.1, -0.05) is 0 Å². The molecular weight excluding hydrogens is 236 g/mol. The van der Waals surface area contributed by atoms with Gasteiger partial charge < -0.3 is 0 Å². The molecule has 1 aromatic rings. The molecule has 0 amide bonds. The number of benzene rings is 1. The van der Waals surface area contributed by atoms with Crippen LogP contribution in [-0.4, -0.2) is 15.2 Å². The van der Waals surface area contributed by atoms with E-state index in [0.717, 1.165) is 6.07 Å². The minimum atomic E-state index is -0.651. The summed E-state index contributed by atoms with van der Waals surface area (Å²) in [6.45, 7) is 0. The molecule has 0 saturated heterocycles. The largest absolute Gasteiger partial charge is 0.279 e. The number of hydrogen-bond donors (Lipinski definition) is 0. The molecule has 84 valence electrons. The SMILES string of the molecule is O=[N+]([O-])c1ccc([C@@H]2C[C@H]2Cl)c([N+](=O)[O-])c1. The van der Waals surface area contributed by atoms with Gasteiger partial charge in [-0.25, -0.2) is 0 Å². The Balaban J connectivity index is 2.45. The maximum atomic E-state index is 10.8. The average molecular weight is 243 g/mol. The highest BCUT2D eigenvalue weighted by atomic mass is 35.5. The number of alkyl halides is 1. The van der Waals surface area contributed by atoms with Crippen LogP contribution < -0.4 is 0 Å². The number of nitro benzene ring substituents is 2. The molecule has 2 atom stereocenters. The zero-order valence-electron chi connectivity index (χ0n) is 8.00. The van der Waals surface area contributed by atoms with Crippen LogP contribution in [0.3, 0.4) is 0 Å². The lowest BCUT2D eigenvalue weighted by Crippen LogP contribution is -1.97. The first-order valence-corrected chi connectivity index (χ1v) is 5.01. The predicted molar refractivity (Wildman–Crippen MR) is 56.7 cm³/mol. The van der Waals surface area contributed by atoms with E-state index in [0.29, 0.717) is 12.0 Å². The van der Waals surface area contributed by atoms with Crippen LogP contribution in [0.15, 0.2) is 18.2 Å². The van der Waals surface area contributed by atoms with Gasteiger partial charge in [0.15, 0.2) is 0 Å². The quantitative estimate of drug-likeness (QED) is 0.463. The summed E-state index contributed by atoms with van der Waals surface area (Å²) in [5.74, 6) is -0.0529. The van der Waals surface area contributed by atoms with E-state index in [1.54, 1.807) is 0 Å². The van der Waals surface area contributed by atoms with Crippen molar-refractivity contribution in [3.63, 3.8) is 0 Å². The van der Waals surface area contributed by atoms with Crippen LogP contribution in [0.2, 0.25) is 0 Å². The van der Waals surface area contributed by atoms with Crippen LogP contribution in [0.5, 0.6) is 0 Å². The van der Waals surface area contributed by atoms with Crippen LogP contribution >= 0.6 is 11.6 Å². The van der Waals surface area contributed by atoms with Crippen molar-refractivity contribution in [1.82, 2.24) is 0 Å².